The predicted octanol–water partition coefficient (Wildman–Crippen LogP) is 2.03. The summed E-state index contributed by atoms with van der Waals surface area (Å²) in [6, 6.07) is 6.98. The van der Waals surface area contributed by atoms with Gasteiger partial charge in [-0.15, -0.1) is 0 Å². The molecule has 9 heteroatoms. The number of hydrogen-bond acceptors (Lipinski definition) is 6. The number of carbonyl (C=O) groups excluding carboxylic acids is 4. The van der Waals surface area contributed by atoms with Gasteiger partial charge in [-0.2, -0.15) is 0 Å². The summed E-state index contributed by atoms with van der Waals surface area (Å²) < 4.78 is 5.02. The summed E-state index contributed by atoms with van der Waals surface area (Å²) >= 11 is 0. The Morgan fingerprint density at radius 1 is 1.21 bits per heavy atom. The number of rotatable bonds is 10. The Morgan fingerprint density at radius 2 is 1.91 bits per heavy atom. The highest BCUT2D eigenvalue weighted by molar-refractivity contribution is 6.09. The van der Waals surface area contributed by atoms with Crippen LogP contribution in [0.3, 0.4) is 0 Å². The summed E-state index contributed by atoms with van der Waals surface area (Å²) in [7, 11) is 0. The lowest BCUT2D eigenvalue weighted by Gasteiger charge is -2.31. The van der Waals surface area contributed by atoms with Gasteiger partial charge in [0, 0.05) is 19.1 Å². The molecule has 2 saturated heterocycles. The van der Waals surface area contributed by atoms with Crippen molar-refractivity contribution in [3.63, 3.8) is 0 Å². The molecular weight excluding hydrogens is 436 g/mol. The monoisotopic (exact) mass is 472 g/mol. The Morgan fingerprint density at radius 3 is 2.56 bits per heavy atom. The summed E-state index contributed by atoms with van der Waals surface area (Å²) in [5.74, 6) is -1.19. The van der Waals surface area contributed by atoms with Crippen LogP contribution in [-0.4, -0.2) is 83.9 Å². The number of urea groups is 1. The second kappa shape index (κ2) is 11.0. The molecule has 2 aliphatic rings. The first-order valence-electron chi connectivity index (χ1n) is 12.1. The van der Waals surface area contributed by atoms with Crippen LogP contribution in [0.5, 0.6) is 0 Å². The number of ether oxygens (including phenoxy) is 1. The van der Waals surface area contributed by atoms with E-state index in [2.05, 4.69) is 17.1 Å². The molecule has 3 rings (SSSR count). The first kappa shape index (κ1) is 25.7. The molecule has 0 aliphatic carbocycles. The number of likely N-dealkylation sites (N-methyl/N-ethyl adjacent to an activating group) is 1. The van der Waals surface area contributed by atoms with Crippen LogP contribution in [0.25, 0.3) is 0 Å². The molecule has 1 N–H and O–H groups in total. The maximum absolute atomic E-state index is 13.3. The second-order valence-electron chi connectivity index (χ2n) is 9.13. The second-order valence-corrected chi connectivity index (χ2v) is 9.13. The van der Waals surface area contributed by atoms with Crippen LogP contribution < -0.4 is 5.32 Å². The van der Waals surface area contributed by atoms with Gasteiger partial charge in [0.1, 0.15) is 12.1 Å². The SMILES string of the molecule is CCOC(=O)CCN(CC1CCCN1CC)C(=O)CN1C(=O)NC(C)(c2ccc(C)cc2)C1=O. The normalized spacial score (nSPS) is 22.7. The molecule has 9 nitrogen and oxygen atoms in total. The van der Waals surface area contributed by atoms with E-state index in [0.717, 1.165) is 36.4 Å². The molecule has 4 amide bonds. The van der Waals surface area contributed by atoms with Gasteiger partial charge < -0.3 is 15.0 Å². The van der Waals surface area contributed by atoms with E-state index in [9.17, 15) is 19.2 Å². The van der Waals surface area contributed by atoms with Crippen molar-refractivity contribution >= 4 is 23.8 Å². The number of nitrogens with one attached hydrogen (secondary N) is 1. The Bertz CT molecular complexity index is 918. The first-order chi connectivity index (χ1) is 16.2. The first-order valence-corrected chi connectivity index (χ1v) is 12.1. The largest absolute Gasteiger partial charge is 0.466 e. The number of amides is 4. The third kappa shape index (κ3) is 5.58. The zero-order chi connectivity index (χ0) is 24.9. The lowest BCUT2D eigenvalue weighted by Crippen LogP contribution is -2.48. The highest BCUT2D eigenvalue weighted by Crippen LogP contribution is 2.29. The number of carbonyl (C=O) groups is 4. The van der Waals surface area contributed by atoms with E-state index in [0.29, 0.717) is 12.1 Å². The van der Waals surface area contributed by atoms with Gasteiger partial charge in [-0.25, -0.2) is 4.79 Å². The number of hydrogen-bond donors (Lipinski definition) is 1. The highest BCUT2D eigenvalue weighted by atomic mass is 16.5. The highest BCUT2D eigenvalue weighted by Gasteiger charge is 2.49. The summed E-state index contributed by atoms with van der Waals surface area (Å²) in [6.45, 7) is 9.82. The van der Waals surface area contributed by atoms with E-state index in [1.807, 2.05) is 31.2 Å². The van der Waals surface area contributed by atoms with E-state index in [-0.39, 0.29) is 44.0 Å². The summed E-state index contributed by atoms with van der Waals surface area (Å²) in [4.78, 5) is 56.1. The third-order valence-electron chi connectivity index (χ3n) is 6.78. The minimum atomic E-state index is -1.23. The Labute approximate surface area is 201 Å². The van der Waals surface area contributed by atoms with Gasteiger partial charge in [0.05, 0.1) is 13.0 Å². The van der Waals surface area contributed by atoms with Gasteiger partial charge >= 0.3 is 12.0 Å². The van der Waals surface area contributed by atoms with E-state index in [4.69, 9.17) is 4.74 Å². The van der Waals surface area contributed by atoms with Crippen LogP contribution in [0, 0.1) is 6.92 Å². The van der Waals surface area contributed by atoms with E-state index >= 15 is 0 Å². The summed E-state index contributed by atoms with van der Waals surface area (Å²) in [5, 5.41) is 2.75. The molecular formula is C25H36N4O5. The smallest absolute Gasteiger partial charge is 0.325 e. The Kier molecular flexibility index (Phi) is 8.30. The molecule has 34 heavy (non-hydrogen) atoms. The van der Waals surface area contributed by atoms with Crippen LogP contribution in [0.1, 0.15) is 51.2 Å². The lowest BCUT2D eigenvalue weighted by atomic mass is 9.91. The van der Waals surface area contributed by atoms with Crippen LogP contribution in [0.2, 0.25) is 0 Å². The minimum absolute atomic E-state index is 0.0691. The van der Waals surface area contributed by atoms with Crippen molar-refractivity contribution in [1.82, 2.24) is 20.0 Å². The molecule has 2 fully saturated rings. The number of esters is 1. The molecule has 1 aromatic carbocycles. The fraction of sp³-hybridized carbons (Fsp3) is 0.600. The van der Waals surface area contributed by atoms with Gasteiger partial charge in [0.25, 0.3) is 5.91 Å². The zero-order valence-electron chi connectivity index (χ0n) is 20.6. The van der Waals surface area contributed by atoms with Gasteiger partial charge in [0.2, 0.25) is 5.91 Å². The van der Waals surface area contributed by atoms with E-state index in [1.54, 1.807) is 18.7 Å². The van der Waals surface area contributed by atoms with Crippen LogP contribution in [0.4, 0.5) is 4.79 Å². The maximum Gasteiger partial charge on any atom is 0.325 e. The van der Waals surface area contributed by atoms with Crippen molar-refractivity contribution in [2.45, 2.75) is 58.5 Å². The number of benzene rings is 1. The average molecular weight is 473 g/mol. The van der Waals surface area contributed by atoms with E-state index < -0.39 is 17.5 Å². The zero-order valence-corrected chi connectivity index (χ0v) is 20.6. The topological polar surface area (TPSA) is 99.3 Å². The standard InChI is InChI=1S/C25H36N4O5/c1-5-27-14-7-8-20(27)16-28(15-13-22(31)34-6-2)21(30)17-29-23(32)25(4,26-24(29)33)19-11-9-18(3)10-12-19/h9-12,20H,5-8,13-17H2,1-4H3,(H,26,33). The quantitative estimate of drug-likeness (QED) is 0.413. The molecule has 2 aliphatic heterocycles. The van der Waals surface area contributed by atoms with Gasteiger partial charge in [-0.05, 0) is 52.3 Å². The molecule has 0 aromatic heterocycles. The van der Waals surface area contributed by atoms with E-state index in [1.165, 1.54) is 0 Å². The van der Waals surface area contributed by atoms with Crippen molar-refractivity contribution < 1.29 is 23.9 Å². The number of aryl methyl sites for hydroxylation is 1. The summed E-state index contributed by atoms with van der Waals surface area (Å²) in [5.41, 5.74) is 0.474. The third-order valence-corrected chi connectivity index (χ3v) is 6.78. The van der Waals surface area contributed by atoms with Crippen LogP contribution in [0.15, 0.2) is 24.3 Å². The average Bonchev–Trinajstić information content (AvgIpc) is 3.34. The number of likely N-dealkylation sites (tertiary alicyclic amines) is 1. The molecule has 0 radical (unpaired) electrons. The fourth-order valence-electron chi connectivity index (χ4n) is 4.71. The number of nitrogens with zero attached hydrogens (tertiary/aromatic N) is 3. The predicted molar refractivity (Wildman–Crippen MR) is 127 cm³/mol. The molecule has 0 bridgehead atoms. The molecule has 1 aromatic rings. The van der Waals surface area contributed by atoms with Crippen LogP contribution in [-0.2, 0) is 24.7 Å². The Balaban J connectivity index is 1.73. The number of imide groups is 1. The fourth-order valence-corrected chi connectivity index (χ4v) is 4.71. The molecule has 0 spiro atoms. The molecule has 2 unspecified atom stereocenters. The van der Waals surface area contributed by atoms with Gasteiger partial charge in [-0.3, -0.25) is 24.2 Å². The molecule has 2 heterocycles. The van der Waals surface area contributed by atoms with Crippen molar-refractivity contribution in [2.24, 2.45) is 0 Å². The molecule has 0 saturated carbocycles. The summed E-state index contributed by atoms with van der Waals surface area (Å²) in [6.07, 6.45) is 2.09. The lowest BCUT2D eigenvalue weighted by molar-refractivity contribution is -0.145. The van der Waals surface area contributed by atoms with Gasteiger partial charge in [0.15, 0.2) is 0 Å². The molecule has 186 valence electrons. The van der Waals surface area contributed by atoms with Crippen molar-refractivity contribution in [3.05, 3.63) is 35.4 Å². The van der Waals surface area contributed by atoms with Crippen LogP contribution >= 0.6 is 0 Å². The Hall–Kier alpha value is -2.94. The maximum atomic E-state index is 13.3. The molecule has 2 atom stereocenters. The minimum Gasteiger partial charge on any atom is -0.466 e. The van der Waals surface area contributed by atoms with Crippen molar-refractivity contribution in [1.29, 1.82) is 0 Å². The van der Waals surface area contributed by atoms with Gasteiger partial charge in [-0.1, -0.05) is 36.8 Å². The van der Waals surface area contributed by atoms with Crippen molar-refractivity contribution in [3.8, 4) is 0 Å². The van der Waals surface area contributed by atoms with Crippen molar-refractivity contribution in [2.75, 3.05) is 39.3 Å².